The van der Waals surface area contributed by atoms with Gasteiger partial charge in [-0.15, -0.1) is 0 Å². The molecular formula is C8H14ClN5O. The van der Waals surface area contributed by atoms with E-state index in [1.807, 2.05) is 11.8 Å². The van der Waals surface area contributed by atoms with Crippen LogP contribution in [0.1, 0.15) is 6.92 Å². The summed E-state index contributed by atoms with van der Waals surface area (Å²) in [6.07, 6.45) is 0. The van der Waals surface area contributed by atoms with E-state index in [-0.39, 0.29) is 11.9 Å². The number of aromatic nitrogens is 3. The first kappa shape index (κ1) is 11.9. The Morgan fingerprint density at radius 2 is 2.13 bits per heavy atom. The summed E-state index contributed by atoms with van der Waals surface area (Å²) in [5.41, 5.74) is 0. The van der Waals surface area contributed by atoms with Crippen molar-refractivity contribution >= 4 is 23.5 Å². The molecule has 0 spiro atoms. The van der Waals surface area contributed by atoms with Crippen LogP contribution in [0.2, 0.25) is 5.28 Å². The van der Waals surface area contributed by atoms with Gasteiger partial charge in [0.05, 0.1) is 6.61 Å². The Kier molecular flexibility index (Phi) is 4.51. The minimum absolute atomic E-state index is 0.0476. The normalized spacial score (nSPS) is 10.1. The van der Waals surface area contributed by atoms with Gasteiger partial charge in [-0.25, -0.2) is 0 Å². The molecule has 84 valence electrons. The maximum atomic E-state index is 8.86. The topological polar surface area (TPSA) is 74.2 Å². The maximum Gasteiger partial charge on any atom is 0.231 e. The fourth-order valence-electron chi connectivity index (χ4n) is 1.11. The lowest BCUT2D eigenvalue weighted by Crippen LogP contribution is -2.28. The molecule has 6 nitrogen and oxygen atoms in total. The Morgan fingerprint density at radius 1 is 1.40 bits per heavy atom. The van der Waals surface area contributed by atoms with Crippen molar-refractivity contribution in [2.75, 3.05) is 37.0 Å². The van der Waals surface area contributed by atoms with Gasteiger partial charge in [-0.2, -0.15) is 15.0 Å². The number of halogens is 1. The zero-order valence-electron chi connectivity index (χ0n) is 8.74. The van der Waals surface area contributed by atoms with Crippen molar-refractivity contribution in [3.05, 3.63) is 5.28 Å². The van der Waals surface area contributed by atoms with Gasteiger partial charge in [-0.05, 0) is 18.5 Å². The first-order valence-electron chi connectivity index (χ1n) is 4.66. The van der Waals surface area contributed by atoms with E-state index in [2.05, 4.69) is 20.3 Å². The highest BCUT2D eigenvalue weighted by atomic mass is 35.5. The summed E-state index contributed by atoms with van der Waals surface area (Å²) in [6.45, 7) is 3.17. The number of rotatable bonds is 5. The molecule has 0 saturated carbocycles. The molecule has 15 heavy (non-hydrogen) atoms. The molecule has 0 bridgehead atoms. The summed E-state index contributed by atoms with van der Waals surface area (Å²) in [4.78, 5) is 13.8. The van der Waals surface area contributed by atoms with Gasteiger partial charge in [0.15, 0.2) is 0 Å². The number of nitrogens with one attached hydrogen (secondary N) is 1. The van der Waals surface area contributed by atoms with Gasteiger partial charge in [0.2, 0.25) is 17.2 Å². The van der Waals surface area contributed by atoms with Crippen molar-refractivity contribution in [2.45, 2.75) is 6.92 Å². The second-order valence-corrected chi connectivity index (χ2v) is 3.12. The molecule has 0 aliphatic rings. The molecule has 1 aromatic rings. The van der Waals surface area contributed by atoms with Crippen molar-refractivity contribution in [1.82, 2.24) is 15.0 Å². The lowest BCUT2D eigenvalue weighted by atomic mass is 10.5. The lowest BCUT2D eigenvalue weighted by molar-refractivity contribution is 0.301. The van der Waals surface area contributed by atoms with Crippen molar-refractivity contribution in [3.8, 4) is 0 Å². The highest BCUT2D eigenvalue weighted by molar-refractivity contribution is 6.28. The Hall–Kier alpha value is -1.14. The van der Waals surface area contributed by atoms with Crippen LogP contribution in [0.5, 0.6) is 0 Å². The fraction of sp³-hybridized carbons (Fsp3) is 0.625. The van der Waals surface area contributed by atoms with E-state index in [9.17, 15) is 0 Å². The number of hydrogen-bond donors (Lipinski definition) is 2. The number of aliphatic hydroxyl groups is 1. The van der Waals surface area contributed by atoms with Crippen LogP contribution in [0.15, 0.2) is 0 Å². The molecule has 0 saturated heterocycles. The molecule has 2 N–H and O–H groups in total. The van der Waals surface area contributed by atoms with Crippen LogP contribution in [-0.2, 0) is 0 Å². The predicted molar refractivity (Wildman–Crippen MR) is 59.4 cm³/mol. The van der Waals surface area contributed by atoms with E-state index in [0.717, 1.165) is 0 Å². The van der Waals surface area contributed by atoms with Gasteiger partial charge in [-0.3, -0.25) is 0 Å². The second kappa shape index (κ2) is 5.67. The average Bonchev–Trinajstić information content (AvgIpc) is 2.24. The monoisotopic (exact) mass is 231 g/mol. The molecule has 0 aromatic carbocycles. The van der Waals surface area contributed by atoms with Crippen LogP contribution >= 0.6 is 11.6 Å². The molecule has 0 amide bonds. The van der Waals surface area contributed by atoms with E-state index in [4.69, 9.17) is 16.7 Å². The Bertz CT molecular complexity index is 322. The smallest absolute Gasteiger partial charge is 0.231 e. The van der Waals surface area contributed by atoms with Crippen molar-refractivity contribution in [3.63, 3.8) is 0 Å². The van der Waals surface area contributed by atoms with E-state index in [1.165, 1.54) is 0 Å². The largest absolute Gasteiger partial charge is 0.395 e. The maximum absolute atomic E-state index is 8.86. The van der Waals surface area contributed by atoms with Crippen molar-refractivity contribution < 1.29 is 5.11 Å². The number of likely N-dealkylation sites (N-methyl/N-ethyl adjacent to an activating group) is 1. The SMILES string of the molecule is CCN(CCO)c1nc(Cl)nc(NC)n1. The third-order valence-corrected chi connectivity index (χ3v) is 2.02. The molecule has 1 heterocycles. The zero-order chi connectivity index (χ0) is 11.3. The van der Waals surface area contributed by atoms with Crippen LogP contribution in [-0.4, -0.2) is 46.8 Å². The van der Waals surface area contributed by atoms with E-state index in [1.54, 1.807) is 7.05 Å². The summed E-state index contributed by atoms with van der Waals surface area (Å²) in [5, 5.41) is 11.8. The highest BCUT2D eigenvalue weighted by Gasteiger charge is 2.10. The third kappa shape index (κ3) is 3.17. The summed E-state index contributed by atoms with van der Waals surface area (Å²) >= 11 is 5.74. The fourth-order valence-corrected chi connectivity index (χ4v) is 1.27. The van der Waals surface area contributed by atoms with Crippen molar-refractivity contribution in [2.24, 2.45) is 0 Å². The van der Waals surface area contributed by atoms with Gasteiger partial charge in [-0.1, -0.05) is 0 Å². The summed E-state index contributed by atoms with van der Waals surface area (Å²) in [5.74, 6) is 0.886. The molecule has 1 rings (SSSR count). The highest BCUT2D eigenvalue weighted by Crippen LogP contribution is 2.12. The van der Waals surface area contributed by atoms with Crippen LogP contribution in [0.3, 0.4) is 0 Å². The first-order chi connectivity index (χ1) is 7.21. The Labute approximate surface area is 93.3 Å². The minimum atomic E-state index is 0.0476. The molecule has 0 atom stereocenters. The van der Waals surface area contributed by atoms with Gasteiger partial charge in [0, 0.05) is 20.1 Å². The Morgan fingerprint density at radius 3 is 2.67 bits per heavy atom. The molecule has 7 heteroatoms. The zero-order valence-corrected chi connectivity index (χ0v) is 9.49. The molecular weight excluding hydrogens is 218 g/mol. The average molecular weight is 232 g/mol. The molecule has 0 unspecified atom stereocenters. The minimum Gasteiger partial charge on any atom is -0.395 e. The molecule has 0 aliphatic heterocycles. The molecule has 0 fully saturated rings. The molecule has 0 radical (unpaired) electrons. The van der Waals surface area contributed by atoms with E-state index < -0.39 is 0 Å². The van der Waals surface area contributed by atoms with E-state index in [0.29, 0.717) is 25.0 Å². The van der Waals surface area contributed by atoms with Gasteiger partial charge >= 0.3 is 0 Å². The quantitative estimate of drug-likeness (QED) is 0.764. The number of anilines is 2. The summed E-state index contributed by atoms with van der Waals surface area (Å²) in [6, 6.07) is 0. The number of nitrogens with zero attached hydrogens (tertiary/aromatic N) is 4. The van der Waals surface area contributed by atoms with E-state index >= 15 is 0 Å². The number of hydrogen-bond acceptors (Lipinski definition) is 6. The van der Waals surface area contributed by atoms with Crippen LogP contribution in [0.4, 0.5) is 11.9 Å². The van der Waals surface area contributed by atoms with Gasteiger partial charge < -0.3 is 15.3 Å². The first-order valence-corrected chi connectivity index (χ1v) is 5.04. The molecule has 1 aromatic heterocycles. The van der Waals surface area contributed by atoms with Crippen LogP contribution in [0, 0.1) is 0 Å². The van der Waals surface area contributed by atoms with Gasteiger partial charge in [0.25, 0.3) is 0 Å². The molecule has 0 aliphatic carbocycles. The van der Waals surface area contributed by atoms with Crippen LogP contribution < -0.4 is 10.2 Å². The summed E-state index contributed by atoms with van der Waals surface area (Å²) in [7, 11) is 1.71. The van der Waals surface area contributed by atoms with Gasteiger partial charge in [0.1, 0.15) is 0 Å². The second-order valence-electron chi connectivity index (χ2n) is 2.78. The Balaban J connectivity index is 2.95. The third-order valence-electron chi connectivity index (χ3n) is 1.85. The predicted octanol–water partition coefficient (Wildman–Crippen LogP) is 0.385. The number of aliphatic hydroxyl groups excluding tert-OH is 1. The lowest BCUT2D eigenvalue weighted by Gasteiger charge is -2.19. The van der Waals surface area contributed by atoms with Crippen LogP contribution in [0.25, 0.3) is 0 Å². The standard InChI is InChI=1S/C8H14ClN5O/c1-3-14(4-5-15)8-12-6(9)11-7(10-2)13-8/h15H,3-5H2,1-2H3,(H,10,11,12,13). The summed E-state index contributed by atoms with van der Waals surface area (Å²) < 4.78 is 0. The van der Waals surface area contributed by atoms with Crippen molar-refractivity contribution in [1.29, 1.82) is 0 Å².